The van der Waals surface area contributed by atoms with E-state index >= 15 is 0 Å². The van der Waals surface area contributed by atoms with Crippen LogP contribution in [-0.2, 0) is 4.74 Å². The minimum atomic E-state index is -0.432. The molecule has 98 valence electrons. The number of methoxy groups -OCH3 is 1. The van der Waals surface area contributed by atoms with Gasteiger partial charge in [0.15, 0.2) is 0 Å². The molecule has 0 radical (unpaired) electrons. The van der Waals surface area contributed by atoms with Crippen molar-refractivity contribution in [2.75, 3.05) is 18.2 Å². The Balaban J connectivity index is 2.04. The summed E-state index contributed by atoms with van der Waals surface area (Å²) in [6.45, 7) is 2.19. The second-order valence-electron chi connectivity index (χ2n) is 4.68. The lowest BCUT2D eigenvalue weighted by Gasteiger charge is -2.08. The fraction of sp³-hybridized carbons (Fsp3) is 0.538. The first-order valence-electron chi connectivity index (χ1n) is 6.26. The van der Waals surface area contributed by atoms with Gasteiger partial charge in [0, 0.05) is 6.04 Å². The molecule has 5 nitrogen and oxygen atoms in total. The van der Waals surface area contributed by atoms with Crippen LogP contribution in [0, 0.1) is 5.92 Å². The maximum atomic E-state index is 11.5. The van der Waals surface area contributed by atoms with E-state index in [0.29, 0.717) is 23.1 Å². The van der Waals surface area contributed by atoms with E-state index in [-0.39, 0.29) is 0 Å². The minimum Gasteiger partial charge on any atom is -0.465 e. The number of nitrogens with one attached hydrogen (secondary N) is 1. The van der Waals surface area contributed by atoms with Gasteiger partial charge in [0.1, 0.15) is 5.82 Å². The van der Waals surface area contributed by atoms with E-state index in [0.717, 1.165) is 5.92 Å². The van der Waals surface area contributed by atoms with Crippen molar-refractivity contribution in [1.82, 2.24) is 4.98 Å². The van der Waals surface area contributed by atoms with E-state index in [1.165, 1.54) is 32.6 Å². The van der Waals surface area contributed by atoms with Crippen LogP contribution in [0.1, 0.15) is 36.5 Å². The SMILES string of the molecule is CCCC1CC1Nc1cc(C(=O)OC)c(N)cn1. The van der Waals surface area contributed by atoms with Crippen LogP contribution >= 0.6 is 0 Å². The smallest absolute Gasteiger partial charge is 0.340 e. The first kappa shape index (κ1) is 12.7. The summed E-state index contributed by atoms with van der Waals surface area (Å²) in [5.41, 5.74) is 6.40. The van der Waals surface area contributed by atoms with Gasteiger partial charge in [0.25, 0.3) is 0 Å². The zero-order valence-electron chi connectivity index (χ0n) is 10.8. The summed E-state index contributed by atoms with van der Waals surface area (Å²) in [6.07, 6.45) is 5.10. The van der Waals surface area contributed by atoms with Crippen molar-refractivity contribution in [3.05, 3.63) is 17.8 Å². The first-order chi connectivity index (χ1) is 8.65. The van der Waals surface area contributed by atoms with Gasteiger partial charge in [-0.1, -0.05) is 13.3 Å². The molecule has 1 aromatic rings. The van der Waals surface area contributed by atoms with Crippen LogP contribution < -0.4 is 11.1 Å². The maximum Gasteiger partial charge on any atom is 0.340 e. The standard InChI is InChI=1S/C13H19N3O2/c1-3-4-8-5-11(8)16-12-6-9(13(17)18-2)10(14)7-15-12/h6-8,11H,3-5,14H2,1-2H3,(H,15,16). The predicted octanol–water partition coefficient (Wildman–Crippen LogP) is 2.05. The van der Waals surface area contributed by atoms with Crippen LogP contribution in [0.4, 0.5) is 11.5 Å². The van der Waals surface area contributed by atoms with E-state index in [1.807, 2.05) is 0 Å². The van der Waals surface area contributed by atoms with E-state index in [1.54, 1.807) is 6.07 Å². The molecule has 0 aliphatic heterocycles. The highest BCUT2D eigenvalue weighted by molar-refractivity contribution is 5.95. The highest BCUT2D eigenvalue weighted by Crippen LogP contribution is 2.37. The number of hydrogen-bond acceptors (Lipinski definition) is 5. The molecule has 1 aromatic heterocycles. The van der Waals surface area contributed by atoms with Gasteiger partial charge in [-0.3, -0.25) is 0 Å². The molecule has 1 fully saturated rings. The number of carbonyl (C=O) groups is 1. The van der Waals surface area contributed by atoms with Crippen molar-refractivity contribution in [3.8, 4) is 0 Å². The fourth-order valence-electron chi connectivity index (χ4n) is 2.14. The Hall–Kier alpha value is -1.78. The molecule has 1 aliphatic carbocycles. The number of pyridine rings is 1. The van der Waals surface area contributed by atoms with E-state index < -0.39 is 5.97 Å². The van der Waals surface area contributed by atoms with Crippen molar-refractivity contribution in [2.24, 2.45) is 5.92 Å². The van der Waals surface area contributed by atoms with Crippen molar-refractivity contribution in [1.29, 1.82) is 0 Å². The first-order valence-corrected chi connectivity index (χ1v) is 6.26. The third-order valence-electron chi connectivity index (χ3n) is 3.26. The van der Waals surface area contributed by atoms with Crippen molar-refractivity contribution >= 4 is 17.5 Å². The molecule has 2 unspecified atom stereocenters. The summed E-state index contributed by atoms with van der Waals surface area (Å²) >= 11 is 0. The number of rotatable bonds is 5. The molecule has 1 aliphatic rings. The average Bonchev–Trinajstić information content (AvgIpc) is 3.09. The van der Waals surface area contributed by atoms with Crippen molar-refractivity contribution < 1.29 is 9.53 Å². The summed E-state index contributed by atoms with van der Waals surface area (Å²) in [5.74, 6) is 0.989. The summed E-state index contributed by atoms with van der Waals surface area (Å²) in [4.78, 5) is 15.7. The number of esters is 1. The van der Waals surface area contributed by atoms with E-state index in [9.17, 15) is 4.79 Å². The lowest BCUT2D eigenvalue weighted by molar-refractivity contribution is 0.0602. The molecule has 2 rings (SSSR count). The Bertz CT molecular complexity index is 448. The number of nitrogens with zero attached hydrogens (tertiary/aromatic N) is 1. The number of aromatic nitrogens is 1. The number of carbonyl (C=O) groups excluding carboxylic acids is 1. The highest BCUT2D eigenvalue weighted by Gasteiger charge is 2.36. The van der Waals surface area contributed by atoms with Gasteiger partial charge < -0.3 is 15.8 Å². The summed E-state index contributed by atoms with van der Waals surface area (Å²) in [6, 6.07) is 2.13. The molecule has 3 N–H and O–H groups in total. The second-order valence-corrected chi connectivity index (χ2v) is 4.68. The molecule has 0 aromatic carbocycles. The monoisotopic (exact) mass is 249 g/mol. The van der Waals surface area contributed by atoms with Gasteiger partial charge in [0.05, 0.1) is 24.6 Å². The molecule has 0 bridgehead atoms. The van der Waals surface area contributed by atoms with Crippen molar-refractivity contribution in [3.63, 3.8) is 0 Å². The van der Waals surface area contributed by atoms with Gasteiger partial charge in [-0.25, -0.2) is 9.78 Å². The minimum absolute atomic E-state index is 0.341. The Morgan fingerprint density at radius 3 is 3.11 bits per heavy atom. The molecule has 2 atom stereocenters. The molecule has 18 heavy (non-hydrogen) atoms. The number of nitrogens with two attached hydrogens (primary N) is 1. The average molecular weight is 249 g/mol. The second kappa shape index (κ2) is 5.25. The predicted molar refractivity (Wildman–Crippen MR) is 70.4 cm³/mol. The number of nitrogen functional groups attached to an aromatic ring is 1. The van der Waals surface area contributed by atoms with Gasteiger partial charge in [-0.15, -0.1) is 0 Å². The summed E-state index contributed by atoms with van der Waals surface area (Å²) < 4.78 is 4.68. The zero-order chi connectivity index (χ0) is 13.1. The van der Waals surface area contributed by atoms with E-state index in [4.69, 9.17) is 5.73 Å². The van der Waals surface area contributed by atoms with E-state index in [2.05, 4.69) is 22.0 Å². The van der Waals surface area contributed by atoms with Gasteiger partial charge >= 0.3 is 5.97 Å². The Morgan fingerprint density at radius 2 is 2.44 bits per heavy atom. The molecular weight excluding hydrogens is 230 g/mol. The lowest BCUT2D eigenvalue weighted by atomic mass is 10.2. The van der Waals surface area contributed by atoms with Crippen LogP contribution in [0.3, 0.4) is 0 Å². The molecule has 1 heterocycles. The molecular formula is C13H19N3O2. The van der Waals surface area contributed by atoms with Gasteiger partial charge in [-0.2, -0.15) is 0 Å². The van der Waals surface area contributed by atoms with Gasteiger partial charge in [-0.05, 0) is 24.8 Å². The van der Waals surface area contributed by atoms with Crippen molar-refractivity contribution in [2.45, 2.75) is 32.2 Å². The third-order valence-corrected chi connectivity index (χ3v) is 3.26. The Morgan fingerprint density at radius 1 is 1.67 bits per heavy atom. The maximum absolute atomic E-state index is 11.5. The summed E-state index contributed by atoms with van der Waals surface area (Å²) in [7, 11) is 1.34. The normalized spacial score (nSPS) is 21.4. The number of anilines is 2. The number of hydrogen-bond donors (Lipinski definition) is 2. The number of ether oxygens (including phenoxy) is 1. The lowest BCUT2D eigenvalue weighted by Crippen LogP contribution is -2.10. The van der Waals surface area contributed by atoms with Crippen LogP contribution in [-0.4, -0.2) is 24.1 Å². The molecule has 5 heteroatoms. The van der Waals surface area contributed by atoms with Crippen LogP contribution in [0.25, 0.3) is 0 Å². The molecule has 0 saturated heterocycles. The van der Waals surface area contributed by atoms with Crippen LogP contribution in [0.2, 0.25) is 0 Å². The highest BCUT2D eigenvalue weighted by atomic mass is 16.5. The van der Waals surface area contributed by atoms with Crippen LogP contribution in [0.15, 0.2) is 12.3 Å². The largest absolute Gasteiger partial charge is 0.465 e. The molecule has 0 spiro atoms. The third kappa shape index (κ3) is 2.72. The molecule has 1 saturated carbocycles. The zero-order valence-corrected chi connectivity index (χ0v) is 10.8. The fourth-order valence-corrected chi connectivity index (χ4v) is 2.14. The Labute approximate surface area is 107 Å². The quantitative estimate of drug-likeness (QED) is 0.781. The summed E-state index contributed by atoms with van der Waals surface area (Å²) in [5, 5.41) is 3.32. The topological polar surface area (TPSA) is 77.2 Å². The Kier molecular flexibility index (Phi) is 3.69. The van der Waals surface area contributed by atoms with Gasteiger partial charge in [0.2, 0.25) is 0 Å². The van der Waals surface area contributed by atoms with Crippen LogP contribution in [0.5, 0.6) is 0 Å². The molecule has 0 amide bonds.